The lowest BCUT2D eigenvalue weighted by Gasteiger charge is -2.29. The standard InChI is InChI=1S/C19H24N4O3/c20-10-9-17(24)21-12-5-7-13(8-6-12)22-19(26)15-11-18(25)23-16-4-2-1-3-14(15)16/h1-4,11-13H,5-10,20H2,(H,21,24)(H,22,26)(H,23,25). The summed E-state index contributed by atoms with van der Waals surface area (Å²) < 4.78 is 0. The van der Waals surface area contributed by atoms with Crippen molar-refractivity contribution in [2.24, 2.45) is 5.73 Å². The van der Waals surface area contributed by atoms with Crippen LogP contribution >= 0.6 is 0 Å². The van der Waals surface area contributed by atoms with E-state index in [4.69, 9.17) is 5.73 Å². The third-order valence-electron chi connectivity index (χ3n) is 4.75. The van der Waals surface area contributed by atoms with Crippen molar-refractivity contribution >= 4 is 22.7 Å². The third-order valence-corrected chi connectivity index (χ3v) is 4.75. The van der Waals surface area contributed by atoms with Crippen LogP contribution in [-0.2, 0) is 4.79 Å². The molecule has 1 aliphatic carbocycles. The predicted molar refractivity (Wildman–Crippen MR) is 98.7 cm³/mol. The Hall–Kier alpha value is -2.67. The molecule has 0 aliphatic heterocycles. The van der Waals surface area contributed by atoms with Gasteiger partial charge in [0.1, 0.15) is 0 Å². The molecule has 0 spiro atoms. The molecule has 0 atom stereocenters. The van der Waals surface area contributed by atoms with Gasteiger partial charge in [-0.05, 0) is 31.7 Å². The van der Waals surface area contributed by atoms with Crippen LogP contribution in [0.5, 0.6) is 5.88 Å². The Morgan fingerprint density at radius 1 is 1.12 bits per heavy atom. The number of nitrogens with one attached hydrogen (secondary N) is 2. The van der Waals surface area contributed by atoms with E-state index in [9.17, 15) is 14.7 Å². The fraction of sp³-hybridized carbons (Fsp3) is 0.421. The van der Waals surface area contributed by atoms with E-state index >= 15 is 0 Å². The van der Waals surface area contributed by atoms with Gasteiger partial charge in [-0.1, -0.05) is 18.2 Å². The summed E-state index contributed by atoms with van der Waals surface area (Å²) in [6.45, 7) is 0.351. The highest BCUT2D eigenvalue weighted by Crippen LogP contribution is 2.23. The van der Waals surface area contributed by atoms with Gasteiger partial charge in [0.05, 0.1) is 11.1 Å². The molecule has 138 valence electrons. The monoisotopic (exact) mass is 356 g/mol. The lowest BCUT2D eigenvalue weighted by atomic mass is 9.90. The molecule has 1 heterocycles. The number of para-hydroxylation sites is 1. The lowest BCUT2D eigenvalue weighted by Crippen LogP contribution is -2.44. The van der Waals surface area contributed by atoms with E-state index in [0.717, 1.165) is 25.7 Å². The number of nitrogens with zero attached hydrogens (tertiary/aromatic N) is 1. The third kappa shape index (κ3) is 4.29. The van der Waals surface area contributed by atoms with Crippen LogP contribution < -0.4 is 16.4 Å². The van der Waals surface area contributed by atoms with E-state index in [2.05, 4.69) is 15.6 Å². The zero-order valence-corrected chi connectivity index (χ0v) is 14.6. The van der Waals surface area contributed by atoms with Crippen LogP contribution in [0.1, 0.15) is 42.5 Å². The number of rotatable bonds is 5. The van der Waals surface area contributed by atoms with Gasteiger partial charge in [-0.3, -0.25) is 9.59 Å². The maximum atomic E-state index is 12.7. The number of carbonyl (C=O) groups excluding carboxylic acids is 2. The van der Waals surface area contributed by atoms with Gasteiger partial charge in [0.2, 0.25) is 11.8 Å². The molecule has 1 aromatic carbocycles. The van der Waals surface area contributed by atoms with Crippen molar-refractivity contribution in [3.8, 4) is 5.88 Å². The van der Waals surface area contributed by atoms with E-state index in [-0.39, 0.29) is 29.8 Å². The van der Waals surface area contributed by atoms with Crippen molar-refractivity contribution in [2.45, 2.75) is 44.2 Å². The Balaban J connectivity index is 1.61. The Bertz CT molecular complexity index is 800. The quantitative estimate of drug-likeness (QED) is 0.647. The maximum absolute atomic E-state index is 12.7. The molecule has 1 aliphatic rings. The number of aromatic hydroxyl groups is 1. The van der Waals surface area contributed by atoms with Crippen molar-refractivity contribution in [1.82, 2.24) is 15.6 Å². The van der Waals surface area contributed by atoms with Crippen LogP contribution in [-0.4, -0.2) is 40.5 Å². The summed E-state index contributed by atoms with van der Waals surface area (Å²) >= 11 is 0. The van der Waals surface area contributed by atoms with E-state index in [0.29, 0.717) is 29.4 Å². The van der Waals surface area contributed by atoms with Crippen LogP contribution in [0.4, 0.5) is 0 Å². The van der Waals surface area contributed by atoms with Crippen molar-refractivity contribution in [2.75, 3.05) is 6.54 Å². The summed E-state index contributed by atoms with van der Waals surface area (Å²) in [7, 11) is 0. The Morgan fingerprint density at radius 3 is 2.46 bits per heavy atom. The van der Waals surface area contributed by atoms with Gasteiger partial charge in [-0.2, -0.15) is 0 Å². The SMILES string of the molecule is NCCC(=O)NC1CCC(NC(=O)c2cc(O)nc3ccccc23)CC1. The van der Waals surface area contributed by atoms with Gasteiger partial charge in [-0.25, -0.2) is 4.98 Å². The molecule has 1 aromatic heterocycles. The van der Waals surface area contributed by atoms with Crippen molar-refractivity contribution in [3.63, 3.8) is 0 Å². The van der Waals surface area contributed by atoms with Crippen LogP contribution in [0.25, 0.3) is 10.9 Å². The van der Waals surface area contributed by atoms with E-state index < -0.39 is 0 Å². The summed E-state index contributed by atoms with van der Waals surface area (Å²) in [5.41, 5.74) is 6.40. The van der Waals surface area contributed by atoms with Crippen molar-refractivity contribution < 1.29 is 14.7 Å². The molecule has 5 N–H and O–H groups in total. The van der Waals surface area contributed by atoms with Crippen LogP contribution in [0.2, 0.25) is 0 Å². The second-order valence-corrected chi connectivity index (χ2v) is 6.67. The van der Waals surface area contributed by atoms with Gasteiger partial charge in [0.25, 0.3) is 5.91 Å². The first kappa shape index (κ1) is 18.1. The smallest absolute Gasteiger partial charge is 0.252 e. The lowest BCUT2D eigenvalue weighted by molar-refractivity contribution is -0.121. The highest BCUT2D eigenvalue weighted by atomic mass is 16.3. The summed E-state index contributed by atoms with van der Waals surface area (Å²) in [6, 6.07) is 8.84. The molecule has 2 amide bonds. The number of fused-ring (bicyclic) bond motifs is 1. The number of aromatic nitrogens is 1. The minimum Gasteiger partial charge on any atom is -0.493 e. The Kier molecular flexibility index (Phi) is 5.68. The predicted octanol–water partition coefficient (Wildman–Crippen LogP) is 1.45. The fourth-order valence-electron chi connectivity index (χ4n) is 3.43. The molecule has 2 aromatic rings. The molecule has 0 saturated heterocycles. The molecule has 0 bridgehead atoms. The zero-order chi connectivity index (χ0) is 18.5. The number of carbonyl (C=O) groups is 2. The Morgan fingerprint density at radius 2 is 1.77 bits per heavy atom. The number of nitrogens with two attached hydrogens (primary N) is 1. The van der Waals surface area contributed by atoms with Gasteiger partial charge in [0, 0.05) is 36.5 Å². The number of benzene rings is 1. The van der Waals surface area contributed by atoms with E-state index in [1.165, 1.54) is 6.07 Å². The maximum Gasteiger partial charge on any atom is 0.252 e. The van der Waals surface area contributed by atoms with Gasteiger partial charge in [0.15, 0.2) is 0 Å². The molecule has 26 heavy (non-hydrogen) atoms. The first-order valence-electron chi connectivity index (χ1n) is 8.96. The minimum atomic E-state index is -0.213. The van der Waals surface area contributed by atoms with Gasteiger partial charge >= 0.3 is 0 Å². The summed E-state index contributed by atoms with van der Waals surface area (Å²) in [4.78, 5) is 28.4. The summed E-state index contributed by atoms with van der Waals surface area (Å²) in [5, 5.41) is 16.5. The highest BCUT2D eigenvalue weighted by Gasteiger charge is 2.24. The zero-order valence-electron chi connectivity index (χ0n) is 14.6. The first-order chi connectivity index (χ1) is 12.6. The molecule has 0 radical (unpaired) electrons. The molecule has 7 heteroatoms. The van der Waals surface area contributed by atoms with Crippen molar-refractivity contribution in [1.29, 1.82) is 0 Å². The highest BCUT2D eigenvalue weighted by molar-refractivity contribution is 6.06. The average molecular weight is 356 g/mol. The molecule has 0 unspecified atom stereocenters. The summed E-state index contributed by atoms with van der Waals surface area (Å²) in [6.07, 6.45) is 3.59. The first-order valence-corrected chi connectivity index (χ1v) is 8.96. The number of hydrogen-bond donors (Lipinski definition) is 4. The fourth-order valence-corrected chi connectivity index (χ4v) is 3.43. The molecule has 1 saturated carbocycles. The Labute approximate surface area is 152 Å². The normalized spacial score (nSPS) is 19.9. The number of pyridine rings is 1. The average Bonchev–Trinajstić information content (AvgIpc) is 2.62. The topological polar surface area (TPSA) is 117 Å². The minimum absolute atomic E-state index is 0.0151. The van der Waals surface area contributed by atoms with E-state index in [1.54, 1.807) is 6.07 Å². The van der Waals surface area contributed by atoms with Crippen molar-refractivity contribution in [3.05, 3.63) is 35.9 Å². The van der Waals surface area contributed by atoms with Crippen LogP contribution in [0.15, 0.2) is 30.3 Å². The van der Waals surface area contributed by atoms with Gasteiger partial charge < -0.3 is 21.5 Å². The van der Waals surface area contributed by atoms with Gasteiger partial charge in [-0.15, -0.1) is 0 Å². The molecule has 7 nitrogen and oxygen atoms in total. The largest absolute Gasteiger partial charge is 0.493 e. The molecule has 3 rings (SSSR count). The second kappa shape index (κ2) is 8.14. The molecule has 1 fully saturated rings. The second-order valence-electron chi connectivity index (χ2n) is 6.67. The molecular weight excluding hydrogens is 332 g/mol. The molecular formula is C19H24N4O3. The van der Waals surface area contributed by atoms with Crippen LogP contribution in [0, 0.1) is 0 Å². The van der Waals surface area contributed by atoms with Crippen LogP contribution in [0.3, 0.4) is 0 Å². The summed E-state index contributed by atoms with van der Waals surface area (Å²) in [5.74, 6) is -0.395. The number of amides is 2. The number of hydrogen-bond acceptors (Lipinski definition) is 5. The van der Waals surface area contributed by atoms with E-state index in [1.807, 2.05) is 18.2 Å².